The maximum absolute atomic E-state index is 12.6. The minimum atomic E-state index is -3.41. The van der Waals surface area contributed by atoms with Gasteiger partial charge in [0, 0.05) is 21.8 Å². The van der Waals surface area contributed by atoms with Crippen LogP contribution in [0.1, 0.15) is 55.7 Å². The summed E-state index contributed by atoms with van der Waals surface area (Å²) in [4.78, 5) is 2.41. The Kier molecular flexibility index (Phi) is 5.46. The Morgan fingerprint density at radius 2 is 2.00 bits per heavy atom. The van der Waals surface area contributed by atoms with Crippen LogP contribution >= 0.6 is 11.3 Å². The number of rotatable bonds is 7. The van der Waals surface area contributed by atoms with Crippen LogP contribution in [-0.2, 0) is 16.6 Å². The monoisotopic (exact) mass is 330 g/mol. The van der Waals surface area contributed by atoms with Gasteiger partial charge in [-0.1, -0.05) is 19.8 Å². The van der Waals surface area contributed by atoms with E-state index in [4.69, 9.17) is 0 Å². The molecule has 0 unspecified atom stereocenters. The maximum atomic E-state index is 12.6. The molecule has 1 aromatic rings. The molecule has 0 bridgehead atoms. The van der Waals surface area contributed by atoms with Gasteiger partial charge in [-0.3, -0.25) is 0 Å². The Morgan fingerprint density at radius 1 is 1.33 bits per heavy atom. The van der Waals surface area contributed by atoms with Crippen molar-refractivity contribution < 1.29 is 8.42 Å². The summed E-state index contributed by atoms with van der Waals surface area (Å²) in [6, 6.07) is 1.82. The summed E-state index contributed by atoms with van der Waals surface area (Å²) in [5.41, 5.74) is -0.270. The molecule has 2 rings (SSSR count). The van der Waals surface area contributed by atoms with Crippen molar-refractivity contribution in [3.8, 4) is 0 Å². The lowest BCUT2D eigenvalue weighted by atomic mass is 10.0. The van der Waals surface area contributed by atoms with Crippen molar-refractivity contribution in [1.29, 1.82) is 0 Å². The fraction of sp³-hybridized carbons (Fsp3) is 0.733. The molecule has 0 atom stereocenters. The van der Waals surface area contributed by atoms with E-state index in [1.807, 2.05) is 19.9 Å². The maximum Gasteiger partial charge on any atom is 0.242 e. The van der Waals surface area contributed by atoms with Crippen molar-refractivity contribution in [2.45, 2.75) is 69.9 Å². The smallest absolute Gasteiger partial charge is 0.242 e. The minimum Gasteiger partial charge on any atom is -0.312 e. The highest BCUT2D eigenvalue weighted by Crippen LogP contribution is 2.32. The van der Waals surface area contributed by atoms with Gasteiger partial charge in [0.05, 0.1) is 4.90 Å². The fourth-order valence-corrected chi connectivity index (χ4v) is 5.97. The first-order valence-electron chi connectivity index (χ1n) is 7.70. The van der Waals surface area contributed by atoms with Crippen LogP contribution in [0.3, 0.4) is 0 Å². The molecule has 1 aromatic heterocycles. The third-order valence-corrected chi connectivity index (χ3v) is 6.97. The van der Waals surface area contributed by atoms with Crippen molar-refractivity contribution in [2.75, 3.05) is 6.54 Å². The molecule has 1 fully saturated rings. The Morgan fingerprint density at radius 3 is 2.62 bits per heavy atom. The van der Waals surface area contributed by atoms with Crippen LogP contribution in [0.2, 0.25) is 0 Å². The van der Waals surface area contributed by atoms with Gasteiger partial charge in [-0.2, -0.15) is 0 Å². The molecular formula is C15H26N2O2S2. The quantitative estimate of drug-likeness (QED) is 0.755. The van der Waals surface area contributed by atoms with Crippen LogP contribution in [-0.4, -0.2) is 20.5 Å². The molecule has 0 saturated heterocycles. The SMILES string of the molecule is CCCNCc1cc(S(=O)(=O)NC2(C)CCCC2)c(C)s1. The number of thiophene rings is 1. The topological polar surface area (TPSA) is 58.2 Å². The average Bonchev–Trinajstić information content (AvgIpc) is 2.96. The molecule has 1 heterocycles. The lowest BCUT2D eigenvalue weighted by molar-refractivity contribution is 0.427. The van der Waals surface area contributed by atoms with E-state index in [1.165, 1.54) is 0 Å². The second-order valence-corrected chi connectivity index (χ2v) is 9.17. The Bertz CT molecular complexity index is 572. The number of hydrogen-bond donors (Lipinski definition) is 2. The molecule has 2 N–H and O–H groups in total. The zero-order valence-corrected chi connectivity index (χ0v) is 14.8. The van der Waals surface area contributed by atoms with Crippen molar-refractivity contribution >= 4 is 21.4 Å². The number of sulfonamides is 1. The molecule has 1 aliphatic rings. The summed E-state index contributed by atoms with van der Waals surface area (Å²) in [6.07, 6.45) is 5.15. The van der Waals surface area contributed by atoms with Crippen LogP contribution in [0.4, 0.5) is 0 Å². The van der Waals surface area contributed by atoms with Crippen molar-refractivity contribution in [3.05, 3.63) is 15.8 Å². The third kappa shape index (κ3) is 4.28. The van der Waals surface area contributed by atoms with E-state index < -0.39 is 10.0 Å². The number of hydrogen-bond acceptors (Lipinski definition) is 4. The molecule has 0 aliphatic heterocycles. The summed E-state index contributed by atoms with van der Waals surface area (Å²) in [6.45, 7) is 7.72. The normalized spacial score (nSPS) is 18.2. The molecule has 1 aliphatic carbocycles. The summed E-state index contributed by atoms with van der Waals surface area (Å²) >= 11 is 1.57. The van der Waals surface area contributed by atoms with Crippen LogP contribution < -0.4 is 10.0 Å². The summed E-state index contributed by atoms with van der Waals surface area (Å²) in [5, 5.41) is 3.32. The molecule has 120 valence electrons. The van der Waals surface area contributed by atoms with Gasteiger partial charge in [0.2, 0.25) is 10.0 Å². The number of nitrogens with one attached hydrogen (secondary N) is 2. The van der Waals surface area contributed by atoms with Crippen LogP contribution in [0.15, 0.2) is 11.0 Å². The molecule has 0 spiro atoms. The largest absolute Gasteiger partial charge is 0.312 e. The Labute approximate surface area is 132 Å². The molecule has 4 nitrogen and oxygen atoms in total. The van der Waals surface area contributed by atoms with Crippen LogP contribution in [0.5, 0.6) is 0 Å². The Hall–Kier alpha value is -0.430. The molecule has 0 amide bonds. The van der Waals surface area contributed by atoms with E-state index >= 15 is 0 Å². The Balaban J connectivity index is 2.12. The predicted molar refractivity (Wildman–Crippen MR) is 88.2 cm³/mol. The first-order valence-corrected chi connectivity index (χ1v) is 10.0. The first-order chi connectivity index (χ1) is 9.86. The molecular weight excluding hydrogens is 304 g/mol. The second-order valence-electron chi connectivity index (χ2n) is 6.18. The highest BCUT2D eigenvalue weighted by molar-refractivity contribution is 7.89. The molecule has 0 aromatic carbocycles. The zero-order chi connectivity index (χ0) is 15.5. The molecule has 1 saturated carbocycles. The summed E-state index contributed by atoms with van der Waals surface area (Å²) in [5.74, 6) is 0. The van der Waals surface area contributed by atoms with Gasteiger partial charge >= 0.3 is 0 Å². The standard InChI is InChI=1S/C15H26N2O2S2/c1-4-9-16-11-13-10-14(12(2)20-13)21(18,19)17-15(3)7-5-6-8-15/h10,16-17H,4-9,11H2,1-3H3. The van der Waals surface area contributed by atoms with Gasteiger partial charge < -0.3 is 5.32 Å². The summed E-state index contributed by atoms with van der Waals surface area (Å²) in [7, 11) is -3.41. The van der Waals surface area contributed by atoms with Gasteiger partial charge in [0.15, 0.2) is 0 Å². The molecule has 6 heteroatoms. The van der Waals surface area contributed by atoms with E-state index in [0.29, 0.717) is 4.90 Å². The lowest BCUT2D eigenvalue weighted by Crippen LogP contribution is -2.43. The highest BCUT2D eigenvalue weighted by atomic mass is 32.2. The van der Waals surface area contributed by atoms with E-state index in [0.717, 1.165) is 54.9 Å². The molecule has 0 radical (unpaired) electrons. The predicted octanol–water partition coefficient (Wildman–Crippen LogP) is 3.17. The van der Waals surface area contributed by atoms with Crippen LogP contribution in [0.25, 0.3) is 0 Å². The fourth-order valence-electron chi connectivity index (χ4n) is 2.90. The van der Waals surface area contributed by atoms with E-state index in [2.05, 4.69) is 17.0 Å². The minimum absolute atomic E-state index is 0.270. The van der Waals surface area contributed by atoms with Gasteiger partial charge in [-0.15, -0.1) is 11.3 Å². The third-order valence-electron chi connectivity index (χ3n) is 4.03. The lowest BCUT2D eigenvalue weighted by Gasteiger charge is -2.24. The number of aryl methyl sites for hydroxylation is 1. The van der Waals surface area contributed by atoms with Gasteiger partial charge in [0.1, 0.15) is 0 Å². The van der Waals surface area contributed by atoms with Gasteiger partial charge in [0.25, 0.3) is 0 Å². The second kappa shape index (κ2) is 6.77. The van der Waals surface area contributed by atoms with Crippen molar-refractivity contribution in [1.82, 2.24) is 10.0 Å². The average molecular weight is 331 g/mol. The molecule has 21 heavy (non-hydrogen) atoms. The van der Waals surface area contributed by atoms with Gasteiger partial charge in [-0.25, -0.2) is 13.1 Å². The van der Waals surface area contributed by atoms with Gasteiger partial charge in [-0.05, 0) is 45.7 Å². The van der Waals surface area contributed by atoms with Crippen molar-refractivity contribution in [3.63, 3.8) is 0 Å². The van der Waals surface area contributed by atoms with Crippen LogP contribution in [0, 0.1) is 6.92 Å². The van der Waals surface area contributed by atoms with E-state index in [9.17, 15) is 8.42 Å². The first kappa shape index (κ1) is 16.9. The van der Waals surface area contributed by atoms with Crippen molar-refractivity contribution in [2.24, 2.45) is 0 Å². The van der Waals surface area contributed by atoms with E-state index in [-0.39, 0.29) is 5.54 Å². The highest BCUT2D eigenvalue weighted by Gasteiger charge is 2.34. The van der Waals surface area contributed by atoms with E-state index in [1.54, 1.807) is 11.3 Å². The zero-order valence-electron chi connectivity index (χ0n) is 13.2. The summed E-state index contributed by atoms with van der Waals surface area (Å²) < 4.78 is 28.2.